The van der Waals surface area contributed by atoms with Gasteiger partial charge in [-0.3, -0.25) is 4.79 Å². The van der Waals surface area contributed by atoms with Crippen molar-refractivity contribution in [3.05, 3.63) is 52.8 Å². The number of aromatic nitrogens is 1. The molecule has 0 spiro atoms. The van der Waals surface area contributed by atoms with Crippen LogP contribution in [0.2, 0.25) is 0 Å². The Balaban J connectivity index is 2.15. The molecule has 0 N–H and O–H groups in total. The first kappa shape index (κ1) is 14.4. The van der Waals surface area contributed by atoms with Crippen LogP contribution in [-0.2, 0) is 7.05 Å². The summed E-state index contributed by atoms with van der Waals surface area (Å²) in [7, 11) is 3.94. The minimum absolute atomic E-state index is 0.161. The van der Waals surface area contributed by atoms with Gasteiger partial charge in [0.05, 0.1) is 6.54 Å². The lowest BCUT2D eigenvalue weighted by atomic mass is 10.1. The van der Waals surface area contributed by atoms with E-state index in [-0.39, 0.29) is 5.78 Å². The van der Waals surface area contributed by atoms with Crippen LogP contribution < -0.4 is 4.90 Å². The van der Waals surface area contributed by atoms with Gasteiger partial charge in [-0.2, -0.15) is 0 Å². The van der Waals surface area contributed by atoms with Gasteiger partial charge in [0.2, 0.25) is 0 Å². The molecule has 0 aliphatic heterocycles. The minimum atomic E-state index is 0.161. The summed E-state index contributed by atoms with van der Waals surface area (Å²) in [6.07, 6.45) is 0. The monoisotopic (exact) mass is 270 g/mol. The van der Waals surface area contributed by atoms with Gasteiger partial charge in [0, 0.05) is 36.7 Å². The highest BCUT2D eigenvalue weighted by Crippen LogP contribution is 2.17. The fourth-order valence-electron chi connectivity index (χ4n) is 2.33. The minimum Gasteiger partial charge on any atom is -0.367 e. The van der Waals surface area contributed by atoms with Crippen molar-refractivity contribution >= 4 is 11.5 Å². The maximum absolute atomic E-state index is 12.4. The van der Waals surface area contributed by atoms with E-state index in [4.69, 9.17) is 0 Å². The zero-order valence-electron chi connectivity index (χ0n) is 12.9. The summed E-state index contributed by atoms with van der Waals surface area (Å²) in [6.45, 7) is 6.47. The summed E-state index contributed by atoms with van der Waals surface area (Å²) in [5.74, 6) is 0.161. The number of nitrogens with zero attached hydrogens (tertiary/aromatic N) is 2. The van der Waals surface area contributed by atoms with E-state index in [1.165, 1.54) is 5.56 Å². The van der Waals surface area contributed by atoms with Crippen molar-refractivity contribution in [1.29, 1.82) is 0 Å². The predicted molar refractivity (Wildman–Crippen MR) is 83.7 cm³/mol. The fourth-order valence-corrected chi connectivity index (χ4v) is 2.33. The lowest BCUT2D eigenvalue weighted by molar-refractivity contribution is 0.0999. The van der Waals surface area contributed by atoms with Crippen LogP contribution in [0.5, 0.6) is 0 Å². The van der Waals surface area contributed by atoms with Gasteiger partial charge in [-0.05, 0) is 39.0 Å². The Bertz CT molecular complexity index is 623. The smallest absolute Gasteiger partial charge is 0.183 e. The van der Waals surface area contributed by atoms with E-state index in [2.05, 4.69) is 23.6 Å². The van der Waals surface area contributed by atoms with Crippen LogP contribution in [0.3, 0.4) is 0 Å². The molecule has 1 heterocycles. The summed E-state index contributed by atoms with van der Waals surface area (Å²) in [6, 6.07) is 10.2. The molecule has 2 rings (SSSR count). The highest BCUT2D eigenvalue weighted by molar-refractivity contribution is 6.00. The van der Waals surface area contributed by atoms with E-state index in [1.807, 2.05) is 51.0 Å². The summed E-state index contributed by atoms with van der Waals surface area (Å²) in [4.78, 5) is 14.4. The number of carbonyl (C=O) groups excluding carboxylic acids is 1. The number of hydrogen-bond donors (Lipinski definition) is 0. The molecule has 3 nitrogen and oxygen atoms in total. The maximum Gasteiger partial charge on any atom is 0.183 e. The summed E-state index contributed by atoms with van der Waals surface area (Å²) < 4.78 is 2.05. The largest absolute Gasteiger partial charge is 0.367 e. The normalized spacial score (nSPS) is 10.7. The Morgan fingerprint density at radius 3 is 2.25 bits per heavy atom. The molecule has 0 aliphatic rings. The molecule has 106 valence electrons. The highest BCUT2D eigenvalue weighted by Gasteiger charge is 2.15. The van der Waals surface area contributed by atoms with Crippen molar-refractivity contribution in [2.24, 2.45) is 7.05 Å². The first-order chi connectivity index (χ1) is 9.40. The number of anilines is 1. The topological polar surface area (TPSA) is 25.2 Å². The molecule has 0 unspecified atom stereocenters. The van der Waals surface area contributed by atoms with Crippen molar-refractivity contribution < 1.29 is 4.79 Å². The zero-order valence-corrected chi connectivity index (χ0v) is 12.9. The standard InChI is InChI=1S/C17H22N2O/c1-12-6-8-15(9-7-12)18(4)11-17(20)16-10-13(2)19(5)14(16)3/h6-10H,11H2,1-5H3. The average molecular weight is 270 g/mol. The molecule has 0 saturated heterocycles. The molecule has 0 amide bonds. The summed E-state index contributed by atoms with van der Waals surface area (Å²) in [5.41, 5.74) is 5.26. The third kappa shape index (κ3) is 2.77. The Hall–Kier alpha value is -2.03. The van der Waals surface area contributed by atoms with Crippen LogP contribution in [-0.4, -0.2) is 23.9 Å². The Kier molecular flexibility index (Phi) is 3.98. The van der Waals surface area contributed by atoms with Crippen LogP contribution in [0, 0.1) is 20.8 Å². The Morgan fingerprint density at radius 1 is 1.15 bits per heavy atom. The van der Waals surface area contributed by atoms with Gasteiger partial charge in [-0.25, -0.2) is 0 Å². The second-order valence-corrected chi connectivity index (χ2v) is 5.46. The molecule has 0 fully saturated rings. The van der Waals surface area contributed by atoms with Crippen molar-refractivity contribution in [3.8, 4) is 0 Å². The number of hydrogen-bond acceptors (Lipinski definition) is 2. The zero-order chi connectivity index (χ0) is 14.9. The third-order valence-electron chi connectivity index (χ3n) is 3.93. The van der Waals surface area contributed by atoms with Crippen LogP contribution in [0.1, 0.15) is 27.3 Å². The number of benzene rings is 1. The molecule has 0 atom stereocenters. The van der Waals surface area contributed by atoms with E-state index in [0.717, 1.165) is 22.6 Å². The molecule has 3 heteroatoms. The first-order valence-corrected chi connectivity index (χ1v) is 6.84. The van der Waals surface area contributed by atoms with Gasteiger partial charge in [-0.15, -0.1) is 0 Å². The number of rotatable bonds is 4. The average Bonchev–Trinajstić information content (AvgIpc) is 2.67. The van der Waals surface area contributed by atoms with Gasteiger partial charge in [-0.1, -0.05) is 17.7 Å². The molecule has 0 saturated carbocycles. The number of Topliss-reactive ketones (excluding diaryl/α,β-unsaturated/α-hetero) is 1. The SMILES string of the molecule is Cc1ccc(N(C)CC(=O)c2cc(C)n(C)c2C)cc1. The molecule has 0 radical (unpaired) electrons. The van der Waals surface area contributed by atoms with Crippen molar-refractivity contribution in [1.82, 2.24) is 4.57 Å². The lowest BCUT2D eigenvalue weighted by Gasteiger charge is -2.18. The molecule has 2 aromatic rings. The van der Waals surface area contributed by atoms with E-state index in [1.54, 1.807) is 0 Å². The quantitative estimate of drug-likeness (QED) is 0.797. The number of carbonyl (C=O) groups is 1. The van der Waals surface area contributed by atoms with Crippen LogP contribution >= 0.6 is 0 Å². The second-order valence-electron chi connectivity index (χ2n) is 5.46. The fraction of sp³-hybridized carbons (Fsp3) is 0.353. The first-order valence-electron chi connectivity index (χ1n) is 6.84. The van der Waals surface area contributed by atoms with Gasteiger partial charge in [0.1, 0.15) is 0 Å². The van der Waals surface area contributed by atoms with Gasteiger partial charge >= 0.3 is 0 Å². The van der Waals surface area contributed by atoms with Gasteiger partial charge < -0.3 is 9.47 Å². The number of aryl methyl sites for hydroxylation is 2. The molecule has 0 bridgehead atoms. The second kappa shape index (κ2) is 5.53. The van der Waals surface area contributed by atoms with Crippen LogP contribution in [0.25, 0.3) is 0 Å². The van der Waals surface area contributed by atoms with E-state index in [0.29, 0.717) is 6.54 Å². The Morgan fingerprint density at radius 2 is 1.75 bits per heavy atom. The van der Waals surface area contributed by atoms with Gasteiger partial charge in [0.15, 0.2) is 5.78 Å². The van der Waals surface area contributed by atoms with Crippen molar-refractivity contribution in [2.45, 2.75) is 20.8 Å². The molecule has 1 aromatic carbocycles. The van der Waals surface area contributed by atoms with Crippen LogP contribution in [0.4, 0.5) is 5.69 Å². The Labute approximate surface area is 120 Å². The van der Waals surface area contributed by atoms with Crippen molar-refractivity contribution in [2.75, 3.05) is 18.5 Å². The molecular weight excluding hydrogens is 248 g/mol. The predicted octanol–water partition coefficient (Wildman–Crippen LogP) is 3.27. The maximum atomic E-state index is 12.4. The summed E-state index contributed by atoms with van der Waals surface area (Å²) in [5, 5.41) is 0. The molecular formula is C17H22N2O. The van der Waals surface area contributed by atoms with Crippen LogP contribution in [0.15, 0.2) is 30.3 Å². The number of ketones is 1. The molecule has 20 heavy (non-hydrogen) atoms. The van der Waals surface area contributed by atoms with Crippen molar-refractivity contribution in [3.63, 3.8) is 0 Å². The summed E-state index contributed by atoms with van der Waals surface area (Å²) >= 11 is 0. The molecule has 1 aromatic heterocycles. The molecule has 0 aliphatic carbocycles. The third-order valence-corrected chi connectivity index (χ3v) is 3.93. The van der Waals surface area contributed by atoms with Gasteiger partial charge in [0.25, 0.3) is 0 Å². The van der Waals surface area contributed by atoms with E-state index < -0.39 is 0 Å². The highest BCUT2D eigenvalue weighted by atomic mass is 16.1. The van der Waals surface area contributed by atoms with E-state index in [9.17, 15) is 4.79 Å². The lowest BCUT2D eigenvalue weighted by Crippen LogP contribution is -2.25. The van der Waals surface area contributed by atoms with E-state index >= 15 is 0 Å². The number of likely N-dealkylation sites (N-methyl/N-ethyl adjacent to an activating group) is 1.